The van der Waals surface area contributed by atoms with Crippen molar-refractivity contribution >= 4 is 29.1 Å². The maximum atomic E-state index is 12.5. The number of benzene rings is 1. The number of carbonyl (C=O) groups excluding carboxylic acids is 1. The van der Waals surface area contributed by atoms with E-state index in [1.807, 2.05) is 32.9 Å². The topological polar surface area (TPSA) is 69.8 Å². The average Bonchev–Trinajstić information content (AvgIpc) is 2.97. The van der Waals surface area contributed by atoms with Crippen LogP contribution in [0.5, 0.6) is 0 Å². The molecule has 0 fully saturated rings. The lowest BCUT2D eigenvalue weighted by Gasteiger charge is -2.22. The Hall–Kier alpha value is -1.56. The number of carbonyl (C=O) groups is 1. The van der Waals surface area contributed by atoms with E-state index in [1.54, 1.807) is 12.4 Å². The Morgan fingerprint density at radius 2 is 2.08 bits per heavy atom. The van der Waals surface area contributed by atoms with Crippen molar-refractivity contribution in [1.82, 2.24) is 20.6 Å². The Balaban J connectivity index is 1.89. The first-order valence-electron chi connectivity index (χ1n) is 8.33. The van der Waals surface area contributed by atoms with E-state index in [0.717, 1.165) is 23.4 Å². The summed E-state index contributed by atoms with van der Waals surface area (Å²) in [5.74, 6) is 0.111. The SMILES string of the molecule is Cc1[nH]cnc1CCN[C@H](C(=O)NCc1cccc(Cl)c1Cl)C(C)C. The first-order valence-corrected chi connectivity index (χ1v) is 9.08. The highest BCUT2D eigenvalue weighted by molar-refractivity contribution is 6.42. The molecule has 1 heterocycles. The molecule has 0 aliphatic heterocycles. The normalized spacial score (nSPS) is 12.4. The number of aromatic nitrogens is 2. The zero-order valence-electron chi connectivity index (χ0n) is 14.7. The van der Waals surface area contributed by atoms with Crippen molar-refractivity contribution in [2.45, 2.75) is 39.8 Å². The van der Waals surface area contributed by atoms with E-state index in [0.29, 0.717) is 23.1 Å². The van der Waals surface area contributed by atoms with Crippen LogP contribution < -0.4 is 10.6 Å². The fraction of sp³-hybridized carbons (Fsp3) is 0.444. The van der Waals surface area contributed by atoms with Gasteiger partial charge in [-0.1, -0.05) is 49.2 Å². The molecule has 2 rings (SSSR count). The largest absolute Gasteiger partial charge is 0.351 e. The molecule has 0 aliphatic rings. The Kier molecular flexibility index (Phi) is 7.29. The molecule has 0 saturated heterocycles. The quantitative estimate of drug-likeness (QED) is 0.654. The first kappa shape index (κ1) is 19.8. The van der Waals surface area contributed by atoms with Crippen molar-refractivity contribution in [2.75, 3.05) is 6.54 Å². The molecular weight excluding hydrogens is 359 g/mol. The van der Waals surface area contributed by atoms with Gasteiger partial charge in [0.1, 0.15) is 0 Å². The third-order valence-corrected chi connectivity index (χ3v) is 4.95. The standard InChI is InChI=1S/C18H24Cl2N4O/c1-11(2)17(21-8-7-15-12(3)23-10-24-15)18(25)22-9-13-5-4-6-14(19)16(13)20/h4-6,10-11,17,21H,7-9H2,1-3H3,(H,22,25)(H,23,24)/t17-/m0/s1. The number of nitrogens with zero attached hydrogens (tertiary/aromatic N) is 1. The molecule has 1 amide bonds. The number of nitrogens with one attached hydrogen (secondary N) is 3. The zero-order chi connectivity index (χ0) is 18.4. The summed E-state index contributed by atoms with van der Waals surface area (Å²) >= 11 is 12.2. The number of rotatable bonds is 8. The molecule has 1 atom stereocenters. The lowest BCUT2D eigenvalue weighted by molar-refractivity contribution is -0.124. The summed E-state index contributed by atoms with van der Waals surface area (Å²) in [4.78, 5) is 19.9. The summed E-state index contributed by atoms with van der Waals surface area (Å²) in [5, 5.41) is 7.23. The van der Waals surface area contributed by atoms with Gasteiger partial charge in [0.15, 0.2) is 0 Å². The lowest BCUT2D eigenvalue weighted by atomic mass is 10.0. The van der Waals surface area contributed by atoms with Crippen LogP contribution in [-0.2, 0) is 17.8 Å². The second-order valence-corrected chi connectivity index (χ2v) is 7.12. The molecule has 0 aliphatic carbocycles. The minimum atomic E-state index is -0.280. The molecule has 3 N–H and O–H groups in total. The highest BCUT2D eigenvalue weighted by Crippen LogP contribution is 2.25. The third-order valence-electron chi connectivity index (χ3n) is 4.09. The molecule has 136 valence electrons. The van der Waals surface area contributed by atoms with Crippen molar-refractivity contribution in [3.05, 3.63) is 51.5 Å². The van der Waals surface area contributed by atoms with Crippen LogP contribution in [0.15, 0.2) is 24.5 Å². The predicted octanol–water partition coefficient (Wildman–Crippen LogP) is 3.50. The average molecular weight is 383 g/mol. The Morgan fingerprint density at radius 3 is 2.72 bits per heavy atom. The van der Waals surface area contributed by atoms with Gasteiger partial charge in [0.2, 0.25) is 5.91 Å². The van der Waals surface area contributed by atoms with Crippen LogP contribution in [0.25, 0.3) is 0 Å². The second kappa shape index (κ2) is 9.22. The molecule has 0 saturated carbocycles. The van der Waals surface area contributed by atoms with E-state index in [-0.39, 0.29) is 17.9 Å². The van der Waals surface area contributed by atoms with E-state index >= 15 is 0 Å². The minimum Gasteiger partial charge on any atom is -0.351 e. The molecule has 1 aromatic carbocycles. The molecule has 7 heteroatoms. The van der Waals surface area contributed by atoms with E-state index in [1.165, 1.54) is 0 Å². The van der Waals surface area contributed by atoms with Crippen LogP contribution in [0.3, 0.4) is 0 Å². The third kappa shape index (κ3) is 5.46. The molecule has 25 heavy (non-hydrogen) atoms. The van der Waals surface area contributed by atoms with Crippen molar-refractivity contribution in [3.63, 3.8) is 0 Å². The molecular formula is C18H24Cl2N4O. The fourth-order valence-electron chi connectivity index (χ4n) is 2.59. The monoisotopic (exact) mass is 382 g/mol. The predicted molar refractivity (Wildman–Crippen MR) is 102 cm³/mol. The smallest absolute Gasteiger partial charge is 0.237 e. The summed E-state index contributed by atoms with van der Waals surface area (Å²) in [5.41, 5.74) is 2.88. The molecule has 0 unspecified atom stereocenters. The van der Waals surface area contributed by atoms with Crippen LogP contribution >= 0.6 is 23.2 Å². The molecule has 5 nitrogen and oxygen atoms in total. The summed E-state index contributed by atoms with van der Waals surface area (Å²) in [6.07, 6.45) is 2.46. The minimum absolute atomic E-state index is 0.0511. The fourth-order valence-corrected chi connectivity index (χ4v) is 2.98. The van der Waals surface area contributed by atoms with Crippen molar-refractivity contribution in [3.8, 4) is 0 Å². The van der Waals surface area contributed by atoms with Gasteiger partial charge >= 0.3 is 0 Å². The van der Waals surface area contributed by atoms with Crippen LogP contribution in [-0.4, -0.2) is 28.5 Å². The number of aromatic amines is 1. The summed E-state index contributed by atoms with van der Waals surface area (Å²) < 4.78 is 0. The van der Waals surface area contributed by atoms with Crippen molar-refractivity contribution in [2.24, 2.45) is 5.92 Å². The second-order valence-electron chi connectivity index (χ2n) is 6.33. The highest BCUT2D eigenvalue weighted by Gasteiger charge is 2.21. The van der Waals surface area contributed by atoms with Gasteiger partial charge in [-0.05, 0) is 24.5 Å². The van der Waals surface area contributed by atoms with Gasteiger partial charge in [-0.25, -0.2) is 4.98 Å². The van der Waals surface area contributed by atoms with Gasteiger partial charge in [0, 0.05) is 25.2 Å². The van der Waals surface area contributed by atoms with Gasteiger partial charge in [-0.15, -0.1) is 0 Å². The van der Waals surface area contributed by atoms with Gasteiger partial charge < -0.3 is 15.6 Å². The Morgan fingerprint density at radius 1 is 1.32 bits per heavy atom. The maximum Gasteiger partial charge on any atom is 0.237 e. The van der Waals surface area contributed by atoms with Crippen molar-refractivity contribution in [1.29, 1.82) is 0 Å². The highest BCUT2D eigenvalue weighted by atomic mass is 35.5. The van der Waals surface area contributed by atoms with E-state index in [9.17, 15) is 4.79 Å². The van der Waals surface area contributed by atoms with E-state index in [2.05, 4.69) is 20.6 Å². The zero-order valence-corrected chi connectivity index (χ0v) is 16.2. The molecule has 2 aromatic rings. The summed E-state index contributed by atoms with van der Waals surface area (Å²) in [6.45, 7) is 7.05. The van der Waals surface area contributed by atoms with Gasteiger partial charge in [0.25, 0.3) is 0 Å². The van der Waals surface area contributed by atoms with Crippen LogP contribution in [0.1, 0.15) is 30.8 Å². The number of hydrogen-bond acceptors (Lipinski definition) is 3. The number of amides is 1. The van der Waals surface area contributed by atoms with Crippen LogP contribution in [0.4, 0.5) is 0 Å². The number of H-pyrrole nitrogens is 1. The van der Waals surface area contributed by atoms with Gasteiger partial charge in [-0.2, -0.15) is 0 Å². The van der Waals surface area contributed by atoms with E-state index in [4.69, 9.17) is 23.2 Å². The molecule has 0 bridgehead atoms. The summed E-state index contributed by atoms with van der Waals surface area (Å²) in [6, 6.07) is 5.12. The van der Waals surface area contributed by atoms with Crippen LogP contribution in [0, 0.1) is 12.8 Å². The Labute approximate surface area is 158 Å². The number of aryl methyl sites for hydroxylation is 1. The lowest BCUT2D eigenvalue weighted by Crippen LogP contribution is -2.47. The molecule has 0 spiro atoms. The maximum absolute atomic E-state index is 12.5. The van der Waals surface area contributed by atoms with E-state index < -0.39 is 0 Å². The van der Waals surface area contributed by atoms with Crippen LogP contribution in [0.2, 0.25) is 10.0 Å². The number of halogens is 2. The molecule has 0 radical (unpaired) electrons. The summed E-state index contributed by atoms with van der Waals surface area (Å²) in [7, 11) is 0. The van der Waals surface area contributed by atoms with Crippen molar-refractivity contribution < 1.29 is 4.79 Å². The number of hydrogen-bond donors (Lipinski definition) is 3. The number of imidazole rings is 1. The van der Waals surface area contributed by atoms with Gasteiger partial charge in [-0.3, -0.25) is 4.79 Å². The molecule has 1 aromatic heterocycles. The first-order chi connectivity index (χ1) is 11.9. The Bertz CT molecular complexity index is 715. The van der Waals surface area contributed by atoms with Gasteiger partial charge in [0.05, 0.1) is 28.1 Å².